The normalized spacial score (nSPS) is 39.4. The molecule has 0 radical (unpaired) electrons. The summed E-state index contributed by atoms with van der Waals surface area (Å²) in [6.45, 7) is 17.8. The van der Waals surface area contributed by atoms with Gasteiger partial charge in [-0.1, -0.05) is 60.1 Å². The molecule has 3 saturated carbocycles. The molecule has 45 heavy (non-hydrogen) atoms. The summed E-state index contributed by atoms with van der Waals surface area (Å²) in [5.41, 5.74) is 18.2. The number of nitrogens with zero attached hydrogens (tertiary/aromatic N) is 1. The number of fused-ring (bicyclic) bond motifs is 8. The number of hydrogen-bond acceptors (Lipinski definition) is 4. The lowest BCUT2D eigenvalue weighted by molar-refractivity contribution is -0.154. The third kappa shape index (κ3) is 4.00. The number of nitrogens with one attached hydrogen (secondary N) is 4. The van der Waals surface area contributed by atoms with E-state index in [1.165, 1.54) is 24.1 Å². The number of anilines is 1. The smallest absolute Gasteiger partial charge is 0.312 e. The Morgan fingerprint density at radius 1 is 1.00 bits per heavy atom. The van der Waals surface area contributed by atoms with Crippen molar-refractivity contribution in [1.82, 2.24) is 25.7 Å². The fraction of sp³-hybridized carbons (Fsp3) is 0.750. The van der Waals surface area contributed by atoms with E-state index >= 15 is 0 Å². The highest BCUT2D eigenvalue weighted by atomic mass is 16.2. The number of amides is 2. The molecule has 7 atom stereocenters. The van der Waals surface area contributed by atoms with E-state index in [1.807, 2.05) is 0 Å². The molecule has 5 aliphatic rings. The molecule has 9 nitrogen and oxygen atoms in total. The zero-order chi connectivity index (χ0) is 32.4. The SMILES string of the molecule is CC1(C)CC[C@]2(c3[nH][nH]c(=O)c3CCNC(N)=O)CC[C@]3(C)C(=CCC4[C@@]5(C)Cc6c(N)n[nH]c6C(C)(C)C5CC[C@]43C)C2C1. The molecule has 3 unspecified atom stereocenters. The van der Waals surface area contributed by atoms with Crippen LogP contribution >= 0.6 is 0 Å². The van der Waals surface area contributed by atoms with E-state index in [2.05, 4.69) is 80.3 Å². The molecule has 3 fully saturated rings. The molecule has 0 aromatic carbocycles. The Kier molecular flexibility index (Phi) is 6.50. The summed E-state index contributed by atoms with van der Waals surface area (Å²) >= 11 is 0. The highest BCUT2D eigenvalue weighted by molar-refractivity contribution is 5.71. The van der Waals surface area contributed by atoms with Crippen LogP contribution < -0.4 is 22.3 Å². The maximum atomic E-state index is 13.2. The summed E-state index contributed by atoms with van der Waals surface area (Å²) in [4.78, 5) is 24.6. The van der Waals surface area contributed by atoms with Crippen molar-refractivity contribution in [1.29, 1.82) is 0 Å². The zero-order valence-electron chi connectivity index (χ0n) is 28.5. The monoisotopic (exact) mass is 617 g/mol. The van der Waals surface area contributed by atoms with Crippen LogP contribution in [0, 0.1) is 39.4 Å². The standard InChI is InChI=1S/C36H55N7O2/c1-31(2)13-15-36(27-20(29(44)43-41-27)11-17-39-30(38)45)16-14-34(6)22(23(36)19-31)8-9-25-33(5)18-21-26(40-42-28(21)37)32(3,4)24(33)10-12-35(25,34)7/h8,23-25H,9-19H2,1-7H3,(H3,37,40,42)(H3,38,39,45)(H2,41,43,44)/t23?,24?,25?,33-,34+,35+,36-/m0/s1. The number of nitrogens with two attached hydrogens (primary N) is 2. The molecule has 0 bridgehead atoms. The first-order chi connectivity index (χ1) is 21.0. The summed E-state index contributed by atoms with van der Waals surface area (Å²) in [6, 6.07) is -0.556. The molecule has 0 spiro atoms. The van der Waals surface area contributed by atoms with Crippen LogP contribution in [0.25, 0.3) is 0 Å². The van der Waals surface area contributed by atoms with Crippen molar-refractivity contribution >= 4 is 11.8 Å². The van der Waals surface area contributed by atoms with Crippen molar-refractivity contribution in [2.75, 3.05) is 12.3 Å². The molecule has 9 heteroatoms. The van der Waals surface area contributed by atoms with Crippen LogP contribution in [0.3, 0.4) is 0 Å². The maximum absolute atomic E-state index is 13.2. The molecular weight excluding hydrogens is 562 g/mol. The van der Waals surface area contributed by atoms with Crippen molar-refractivity contribution in [3.63, 3.8) is 0 Å². The maximum Gasteiger partial charge on any atom is 0.312 e. The van der Waals surface area contributed by atoms with E-state index in [0.717, 1.165) is 56.2 Å². The van der Waals surface area contributed by atoms with Crippen LogP contribution in [0.1, 0.15) is 122 Å². The number of H-pyrrole nitrogens is 3. The van der Waals surface area contributed by atoms with Gasteiger partial charge in [0.2, 0.25) is 0 Å². The molecule has 0 saturated heterocycles. The predicted molar refractivity (Wildman–Crippen MR) is 178 cm³/mol. The van der Waals surface area contributed by atoms with Gasteiger partial charge in [-0.3, -0.25) is 15.0 Å². The third-order valence-corrected chi connectivity index (χ3v) is 14.9. The van der Waals surface area contributed by atoms with Crippen molar-refractivity contribution in [2.24, 2.45) is 45.1 Å². The quantitative estimate of drug-likeness (QED) is 0.233. The first-order valence-electron chi connectivity index (χ1n) is 17.4. The van der Waals surface area contributed by atoms with Gasteiger partial charge < -0.3 is 21.9 Å². The van der Waals surface area contributed by atoms with Crippen molar-refractivity contribution in [3.05, 3.63) is 44.5 Å². The number of nitrogen functional groups attached to an aromatic ring is 1. The second kappa shape index (κ2) is 9.54. The van der Waals surface area contributed by atoms with Crippen LogP contribution in [0.4, 0.5) is 10.6 Å². The van der Waals surface area contributed by atoms with E-state index in [-0.39, 0.29) is 38.0 Å². The number of rotatable bonds is 4. The summed E-state index contributed by atoms with van der Waals surface area (Å²) in [5, 5.41) is 16.9. The predicted octanol–water partition coefficient (Wildman–Crippen LogP) is 5.99. The average molecular weight is 618 g/mol. The van der Waals surface area contributed by atoms with Gasteiger partial charge in [-0.2, -0.15) is 5.10 Å². The molecule has 7 rings (SSSR count). The Bertz CT molecular complexity index is 1630. The summed E-state index contributed by atoms with van der Waals surface area (Å²) < 4.78 is 0. The van der Waals surface area contributed by atoms with E-state index < -0.39 is 6.03 Å². The van der Waals surface area contributed by atoms with Crippen LogP contribution in [0.15, 0.2) is 16.4 Å². The minimum Gasteiger partial charge on any atom is -0.382 e. The van der Waals surface area contributed by atoms with Crippen LogP contribution in [-0.4, -0.2) is 33.0 Å². The van der Waals surface area contributed by atoms with Gasteiger partial charge in [0, 0.05) is 39.9 Å². The van der Waals surface area contributed by atoms with E-state index in [1.54, 1.807) is 5.57 Å². The molecule has 2 heterocycles. The lowest BCUT2D eigenvalue weighted by Crippen LogP contribution is -2.64. The fourth-order valence-electron chi connectivity index (χ4n) is 12.5. The first-order valence-corrected chi connectivity index (χ1v) is 17.4. The van der Waals surface area contributed by atoms with E-state index in [9.17, 15) is 9.59 Å². The lowest BCUT2D eigenvalue weighted by Gasteiger charge is -2.71. The average Bonchev–Trinajstić information content (AvgIpc) is 3.51. The number of allylic oxidation sites excluding steroid dienone is 2. The van der Waals surface area contributed by atoms with Gasteiger partial charge >= 0.3 is 6.03 Å². The van der Waals surface area contributed by atoms with Crippen LogP contribution in [-0.2, 0) is 23.7 Å². The summed E-state index contributed by atoms with van der Waals surface area (Å²) in [6.07, 6.45) is 13.1. The minimum atomic E-state index is -0.556. The molecule has 0 aliphatic heterocycles. The zero-order valence-corrected chi connectivity index (χ0v) is 28.5. The summed E-state index contributed by atoms with van der Waals surface area (Å²) in [5.74, 6) is 2.15. The van der Waals surface area contributed by atoms with Crippen LogP contribution in [0.2, 0.25) is 0 Å². The van der Waals surface area contributed by atoms with Gasteiger partial charge in [-0.15, -0.1) is 0 Å². The third-order valence-electron chi connectivity index (χ3n) is 14.9. The van der Waals surface area contributed by atoms with E-state index in [4.69, 9.17) is 11.5 Å². The topological polar surface area (TPSA) is 158 Å². The molecular formula is C36H55N7O2. The molecule has 2 amide bonds. The van der Waals surface area contributed by atoms with Gasteiger partial charge in [0.05, 0.1) is 0 Å². The number of carbonyl (C=O) groups excluding carboxylic acids is 1. The molecule has 5 aliphatic carbocycles. The number of urea groups is 1. The highest BCUT2D eigenvalue weighted by Gasteiger charge is 2.68. The van der Waals surface area contributed by atoms with Crippen molar-refractivity contribution < 1.29 is 4.79 Å². The van der Waals surface area contributed by atoms with Crippen molar-refractivity contribution in [3.8, 4) is 0 Å². The number of carbonyl (C=O) groups is 1. The molecule has 8 N–H and O–H groups in total. The Balaban J connectivity index is 1.32. The molecule has 2 aromatic heterocycles. The number of aromatic nitrogens is 4. The highest BCUT2D eigenvalue weighted by Crippen LogP contribution is 2.75. The Hall–Kier alpha value is -2.97. The van der Waals surface area contributed by atoms with Gasteiger partial charge in [-0.05, 0) is 104 Å². The number of hydrogen-bond donors (Lipinski definition) is 6. The summed E-state index contributed by atoms with van der Waals surface area (Å²) in [7, 11) is 0. The molecule has 246 valence electrons. The van der Waals surface area contributed by atoms with Gasteiger partial charge in [0.15, 0.2) is 0 Å². The van der Waals surface area contributed by atoms with E-state index in [0.29, 0.717) is 36.5 Å². The van der Waals surface area contributed by atoms with Gasteiger partial charge in [0.25, 0.3) is 5.56 Å². The minimum absolute atomic E-state index is 0.00574. The van der Waals surface area contributed by atoms with Gasteiger partial charge in [0.1, 0.15) is 5.82 Å². The first kappa shape index (κ1) is 30.7. The van der Waals surface area contributed by atoms with Crippen LogP contribution in [0.5, 0.6) is 0 Å². The Morgan fingerprint density at radius 3 is 2.47 bits per heavy atom. The molecule has 2 aromatic rings. The van der Waals surface area contributed by atoms with Gasteiger partial charge in [-0.25, -0.2) is 4.79 Å². The number of aromatic amines is 3. The lowest BCUT2D eigenvalue weighted by atomic mass is 9.33. The fourth-order valence-corrected chi connectivity index (χ4v) is 12.5. The Labute approximate surface area is 267 Å². The second-order valence-electron chi connectivity index (χ2n) is 17.7. The largest absolute Gasteiger partial charge is 0.382 e. The Morgan fingerprint density at radius 2 is 1.73 bits per heavy atom. The number of primary amides is 1. The van der Waals surface area contributed by atoms with Crippen molar-refractivity contribution in [2.45, 2.75) is 124 Å². The second-order valence-corrected chi connectivity index (χ2v) is 17.7.